The molecule has 0 saturated heterocycles. The van der Waals surface area contributed by atoms with Crippen molar-refractivity contribution >= 4 is 29.2 Å². The maximum absolute atomic E-state index is 4.69. The minimum atomic E-state index is -1.45. The van der Waals surface area contributed by atoms with E-state index in [0.717, 1.165) is 0 Å². The van der Waals surface area contributed by atoms with Crippen LogP contribution in [-0.4, -0.2) is 38.8 Å². The van der Waals surface area contributed by atoms with Gasteiger partial charge in [-0.05, 0) is 0 Å². The predicted octanol–water partition coefficient (Wildman–Crippen LogP) is 5.26. The van der Waals surface area contributed by atoms with Gasteiger partial charge in [0.2, 0.25) is 0 Å². The molecule has 0 aliphatic carbocycles. The van der Waals surface area contributed by atoms with Crippen LogP contribution in [0, 0.1) is 0 Å². The topological polar surface area (TPSA) is 16.1 Å². The van der Waals surface area contributed by atoms with Crippen LogP contribution in [0.5, 0.6) is 0 Å². The summed E-state index contributed by atoms with van der Waals surface area (Å²) in [6.45, 7) is 8.95. The van der Waals surface area contributed by atoms with Crippen molar-refractivity contribution in [2.24, 2.45) is 0 Å². The second-order valence-corrected chi connectivity index (χ2v) is 13.9. The average molecular weight is 412 g/mol. The standard InChI is InChI=1S/C7H9N2.C4H10.2C4H9.Sn/c1-9(2)7-3-5-8-6-4-7;3*1-3-4-2;/h3-5H,1-2H3;3-4H2,1-2H3;2*1,3-4H2,2H3;. The molecule has 1 aromatic rings. The molecule has 127 valence electrons. The third-order valence-corrected chi connectivity index (χ3v) is 12.1. The summed E-state index contributed by atoms with van der Waals surface area (Å²) in [5.74, 6) is 0. The van der Waals surface area contributed by atoms with Gasteiger partial charge < -0.3 is 0 Å². The number of hydrogen-bond acceptors (Lipinski definition) is 2. The first-order valence-electron chi connectivity index (χ1n) is 9.08. The Morgan fingerprint density at radius 2 is 1.45 bits per heavy atom. The summed E-state index contributed by atoms with van der Waals surface area (Å²) in [5, 5.41) is 0. The van der Waals surface area contributed by atoms with Crippen LogP contribution < -0.4 is 8.61 Å². The van der Waals surface area contributed by atoms with Crippen molar-refractivity contribution in [3.63, 3.8) is 0 Å². The summed E-state index contributed by atoms with van der Waals surface area (Å²) in [6, 6.07) is 4.46. The van der Waals surface area contributed by atoms with E-state index in [-0.39, 0.29) is 0 Å². The molecule has 0 unspecified atom stereocenters. The third-order valence-electron chi connectivity index (χ3n) is 3.79. The Hall–Kier alpha value is -0.251. The zero-order valence-corrected chi connectivity index (χ0v) is 18.6. The second-order valence-electron chi connectivity index (χ2n) is 6.10. The monoisotopic (exact) mass is 413 g/mol. The predicted molar refractivity (Wildman–Crippen MR) is 104 cm³/mol. The van der Waals surface area contributed by atoms with E-state index in [9.17, 15) is 0 Å². The molecule has 0 N–H and O–H groups in total. The molecule has 0 saturated carbocycles. The number of unbranched alkanes of at least 4 members (excludes halogenated alkanes) is 3. The van der Waals surface area contributed by atoms with E-state index in [2.05, 4.69) is 63.8 Å². The van der Waals surface area contributed by atoms with E-state index in [0.29, 0.717) is 0 Å². The van der Waals surface area contributed by atoms with Crippen molar-refractivity contribution in [2.75, 3.05) is 19.0 Å². The van der Waals surface area contributed by atoms with Gasteiger partial charge in [-0.1, -0.05) is 26.7 Å². The molecule has 0 aliphatic heterocycles. The van der Waals surface area contributed by atoms with E-state index in [1.165, 1.54) is 56.8 Å². The molecule has 0 aromatic carbocycles. The van der Waals surface area contributed by atoms with E-state index >= 15 is 0 Å². The van der Waals surface area contributed by atoms with Crippen molar-refractivity contribution in [1.29, 1.82) is 0 Å². The van der Waals surface area contributed by atoms with E-state index in [1.807, 2.05) is 6.20 Å². The Bertz CT molecular complexity index is 356. The molecule has 2 nitrogen and oxygen atoms in total. The summed E-state index contributed by atoms with van der Waals surface area (Å²) in [7, 11) is 4.22. The van der Waals surface area contributed by atoms with Gasteiger partial charge in [-0.2, -0.15) is 0 Å². The van der Waals surface area contributed by atoms with Gasteiger partial charge in [-0.25, -0.2) is 0 Å². The Labute approximate surface area is 146 Å². The molecule has 1 radical (unpaired) electrons. The maximum atomic E-state index is 4.69. The van der Waals surface area contributed by atoms with Crippen LogP contribution in [-0.2, 0) is 0 Å². The Balaban J connectivity index is 0.000000980. The Morgan fingerprint density at radius 3 is 1.86 bits per heavy atom. The summed E-state index contributed by atoms with van der Waals surface area (Å²) in [4.78, 5) is 6.87. The average Bonchev–Trinajstić information content (AvgIpc) is 2.55. The number of aromatic nitrogens is 1. The Kier molecular flexibility index (Phi) is 14.2. The van der Waals surface area contributed by atoms with Crippen LogP contribution >= 0.6 is 0 Å². The first kappa shape index (κ1) is 21.7. The molecule has 1 heterocycles. The van der Waals surface area contributed by atoms with Gasteiger partial charge in [-0.3, -0.25) is 0 Å². The van der Waals surface area contributed by atoms with Gasteiger partial charge in [0.05, 0.1) is 0 Å². The number of rotatable bonds is 9. The van der Waals surface area contributed by atoms with Crippen LogP contribution in [0.4, 0.5) is 5.69 Å². The summed E-state index contributed by atoms with van der Waals surface area (Å²) < 4.78 is 4.43. The van der Waals surface area contributed by atoms with Crippen molar-refractivity contribution in [2.45, 2.75) is 75.1 Å². The van der Waals surface area contributed by atoms with Gasteiger partial charge in [0.25, 0.3) is 0 Å². The van der Waals surface area contributed by atoms with Crippen molar-refractivity contribution in [1.82, 2.24) is 4.98 Å². The number of nitrogens with zero attached hydrogens (tertiary/aromatic N) is 2. The quantitative estimate of drug-likeness (QED) is 0.515. The van der Waals surface area contributed by atoms with Crippen LogP contribution in [0.15, 0.2) is 18.3 Å². The van der Waals surface area contributed by atoms with Crippen molar-refractivity contribution in [3.05, 3.63) is 18.3 Å². The van der Waals surface area contributed by atoms with Crippen LogP contribution in [0.2, 0.25) is 8.87 Å². The first-order valence-corrected chi connectivity index (χ1v) is 14.5. The zero-order valence-electron chi connectivity index (χ0n) is 15.8. The van der Waals surface area contributed by atoms with Gasteiger partial charge in [-0.15, -0.1) is 0 Å². The fraction of sp³-hybridized carbons (Fsp3) is 0.737. The molecule has 1 rings (SSSR count). The van der Waals surface area contributed by atoms with Gasteiger partial charge >= 0.3 is 120 Å². The minimum absolute atomic E-state index is 1.31. The molecule has 0 atom stereocenters. The van der Waals surface area contributed by atoms with Crippen LogP contribution in [0.3, 0.4) is 0 Å². The van der Waals surface area contributed by atoms with E-state index in [1.54, 1.807) is 0 Å². The van der Waals surface area contributed by atoms with E-state index < -0.39 is 19.8 Å². The fourth-order valence-electron chi connectivity index (χ4n) is 2.05. The molecule has 0 fully saturated rings. The first-order chi connectivity index (χ1) is 10.6. The molecule has 22 heavy (non-hydrogen) atoms. The molecular formula is C19H37N2Sn. The van der Waals surface area contributed by atoms with Crippen LogP contribution in [0.25, 0.3) is 0 Å². The van der Waals surface area contributed by atoms with Crippen molar-refractivity contribution in [3.8, 4) is 0 Å². The molecule has 0 spiro atoms. The zero-order chi connectivity index (χ0) is 16.8. The van der Waals surface area contributed by atoms with Gasteiger partial charge in [0, 0.05) is 0 Å². The summed E-state index contributed by atoms with van der Waals surface area (Å²) >= 11 is -1.45. The molecule has 0 bridgehead atoms. The summed E-state index contributed by atoms with van der Waals surface area (Å²) in [5.41, 5.74) is 1.31. The van der Waals surface area contributed by atoms with E-state index in [4.69, 9.17) is 0 Å². The Morgan fingerprint density at radius 1 is 0.909 bits per heavy atom. The summed E-state index contributed by atoms with van der Waals surface area (Å²) in [6.07, 6.45) is 10.1. The second kappa shape index (κ2) is 14.3. The van der Waals surface area contributed by atoms with Crippen molar-refractivity contribution < 1.29 is 0 Å². The molecular weight excluding hydrogens is 375 g/mol. The molecule has 0 aliphatic rings. The number of pyridine rings is 1. The SMILES string of the molecule is CCCC.CCC[CH2][Sn]([CH2]CCC)[c]1cc(N(C)C)ccn1. The third kappa shape index (κ3) is 9.70. The fourth-order valence-corrected chi connectivity index (χ4v) is 10.4. The molecule has 3 heteroatoms. The molecule has 1 aromatic heterocycles. The number of anilines is 1. The number of hydrogen-bond donors (Lipinski definition) is 0. The normalized spacial score (nSPS) is 10.3. The van der Waals surface area contributed by atoms with Gasteiger partial charge in [0.1, 0.15) is 0 Å². The van der Waals surface area contributed by atoms with Crippen LogP contribution in [0.1, 0.15) is 66.2 Å². The van der Waals surface area contributed by atoms with Gasteiger partial charge in [0.15, 0.2) is 0 Å². The molecule has 0 amide bonds.